The summed E-state index contributed by atoms with van der Waals surface area (Å²) in [7, 11) is 3.24. The molecule has 2 N–H and O–H groups in total. The SMILES string of the molecule is CCNC(=NCc1cc(Br)cs1)Nc1ccc(OC)c(OC)c1.I. The summed E-state index contributed by atoms with van der Waals surface area (Å²) < 4.78 is 11.7. The Morgan fingerprint density at radius 3 is 2.54 bits per heavy atom. The van der Waals surface area contributed by atoms with E-state index in [1.54, 1.807) is 25.6 Å². The molecule has 24 heavy (non-hydrogen) atoms. The third-order valence-corrected chi connectivity index (χ3v) is 4.69. The fraction of sp³-hybridized carbons (Fsp3) is 0.312. The third kappa shape index (κ3) is 6.14. The third-order valence-electron chi connectivity index (χ3n) is 3.01. The number of nitrogens with one attached hydrogen (secondary N) is 2. The minimum atomic E-state index is 0. The molecule has 0 fully saturated rings. The second kappa shape index (κ2) is 10.8. The molecule has 1 aromatic heterocycles. The quantitative estimate of drug-likeness (QED) is 0.325. The molecule has 0 aliphatic carbocycles. The maximum absolute atomic E-state index is 5.32. The minimum Gasteiger partial charge on any atom is -0.493 e. The first kappa shape index (κ1) is 21.0. The first-order chi connectivity index (χ1) is 11.2. The number of aliphatic imine (C=N–C) groups is 1. The van der Waals surface area contributed by atoms with Crippen molar-refractivity contribution in [2.24, 2.45) is 4.99 Å². The van der Waals surface area contributed by atoms with Crippen molar-refractivity contribution in [1.29, 1.82) is 0 Å². The predicted molar refractivity (Wildman–Crippen MR) is 115 cm³/mol. The molecule has 0 unspecified atom stereocenters. The van der Waals surface area contributed by atoms with Crippen molar-refractivity contribution < 1.29 is 9.47 Å². The number of rotatable bonds is 6. The second-order valence-electron chi connectivity index (χ2n) is 4.62. The Kier molecular flexibility index (Phi) is 9.45. The summed E-state index contributed by atoms with van der Waals surface area (Å²) in [5, 5.41) is 8.57. The molecule has 1 heterocycles. The first-order valence-electron chi connectivity index (χ1n) is 7.16. The van der Waals surface area contributed by atoms with Gasteiger partial charge in [-0.25, -0.2) is 4.99 Å². The maximum Gasteiger partial charge on any atom is 0.196 e. The van der Waals surface area contributed by atoms with Gasteiger partial charge in [-0.2, -0.15) is 0 Å². The normalized spacial score (nSPS) is 10.8. The number of hydrogen-bond acceptors (Lipinski definition) is 4. The lowest BCUT2D eigenvalue weighted by Gasteiger charge is -2.13. The van der Waals surface area contributed by atoms with Gasteiger partial charge in [0.1, 0.15) is 0 Å². The summed E-state index contributed by atoms with van der Waals surface area (Å²) in [6.07, 6.45) is 0. The van der Waals surface area contributed by atoms with Crippen LogP contribution in [-0.4, -0.2) is 26.7 Å². The number of halogens is 2. The molecule has 2 rings (SSSR count). The fourth-order valence-electron chi connectivity index (χ4n) is 1.95. The summed E-state index contributed by atoms with van der Waals surface area (Å²) in [5.41, 5.74) is 0.884. The molecule has 0 aliphatic heterocycles. The van der Waals surface area contributed by atoms with Crippen molar-refractivity contribution in [2.45, 2.75) is 13.5 Å². The molecular weight excluding hydrogens is 505 g/mol. The Balaban J connectivity index is 0.00000288. The van der Waals surface area contributed by atoms with Gasteiger partial charge in [-0.1, -0.05) is 0 Å². The van der Waals surface area contributed by atoms with Crippen LogP contribution in [0.25, 0.3) is 0 Å². The van der Waals surface area contributed by atoms with Crippen LogP contribution in [-0.2, 0) is 6.54 Å². The van der Waals surface area contributed by atoms with E-state index >= 15 is 0 Å². The molecule has 0 amide bonds. The van der Waals surface area contributed by atoms with E-state index in [9.17, 15) is 0 Å². The molecule has 2 aromatic rings. The lowest BCUT2D eigenvalue weighted by molar-refractivity contribution is 0.355. The van der Waals surface area contributed by atoms with Gasteiger partial charge in [0.2, 0.25) is 0 Å². The van der Waals surface area contributed by atoms with Crippen LogP contribution in [0.2, 0.25) is 0 Å². The summed E-state index contributed by atoms with van der Waals surface area (Å²) in [6, 6.07) is 7.75. The van der Waals surface area contributed by atoms with Crippen molar-refractivity contribution in [3.8, 4) is 11.5 Å². The van der Waals surface area contributed by atoms with Crippen LogP contribution in [0, 0.1) is 0 Å². The zero-order chi connectivity index (χ0) is 16.7. The van der Waals surface area contributed by atoms with Gasteiger partial charge in [-0.3, -0.25) is 0 Å². The molecule has 0 radical (unpaired) electrons. The van der Waals surface area contributed by atoms with E-state index in [0.717, 1.165) is 22.7 Å². The molecule has 0 saturated carbocycles. The van der Waals surface area contributed by atoms with Gasteiger partial charge < -0.3 is 20.1 Å². The lowest BCUT2D eigenvalue weighted by Crippen LogP contribution is -2.30. The van der Waals surface area contributed by atoms with E-state index in [-0.39, 0.29) is 24.0 Å². The summed E-state index contributed by atoms with van der Waals surface area (Å²) in [6.45, 7) is 3.44. The number of hydrogen-bond donors (Lipinski definition) is 2. The van der Waals surface area contributed by atoms with E-state index in [2.05, 4.69) is 43.0 Å². The Bertz CT molecular complexity index is 679. The zero-order valence-electron chi connectivity index (χ0n) is 13.8. The Morgan fingerprint density at radius 1 is 1.21 bits per heavy atom. The van der Waals surface area contributed by atoms with Crippen molar-refractivity contribution >= 4 is 62.9 Å². The molecule has 0 saturated heterocycles. The standard InChI is InChI=1S/C16H20BrN3O2S.HI/c1-4-18-16(19-9-13-7-11(17)10-23-13)20-12-5-6-14(21-2)15(8-12)22-3;/h5-8,10H,4,9H2,1-3H3,(H2,18,19,20);1H. The van der Waals surface area contributed by atoms with Gasteiger partial charge in [0.25, 0.3) is 0 Å². The molecule has 0 aliphatic rings. The van der Waals surface area contributed by atoms with E-state index in [4.69, 9.17) is 9.47 Å². The highest BCUT2D eigenvalue weighted by molar-refractivity contribution is 14.0. The molecule has 0 atom stereocenters. The highest BCUT2D eigenvalue weighted by Gasteiger charge is 2.06. The zero-order valence-corrected chi connectivity index (χ0v) is 18.5. The molecule has 8 heteroatoms. The molecule has 132 valence electrons. The molecule has 0 bridgehead atoms. The van der Waals surface area contributed by atoms with Crippen molar-refractivity contribution in [3.63, 3.8) is 0 Å². The molecule has 0 spiro atoms. The van der Waals surface area contributed by atoms with Crippen molar-refractivity contribution in [1.82, 2.24) is 5.32 Å². The maximum atomic E-state index is 5.32. The average Bonchev–Trinajstić information content (AvgIpc) is 2.98. The van der Waals surface area contributed by atoms with Crippen LogP contribution in [0.1, 0.15) is 11.8 Å². The Labute approximate surface area is 172 Å². The summed E-state index contributed by atoms with van der Waals surface area (Å²) in [5.74, 6) is 2.10. The highest BCUT2D eigenvalue weighted by atomic mass is 127. The van der Waals surface area contributed by atoms with Gasteiger partial charge in [0.15, 0.2) is 17.5 Å². The monoisotopic (exact) mass is 525 g/mol. The first-order valence-corrected chi connectivity index (χ1v) is 8.83. The minimum absolute atomic E-state index is 0. The smallest absolute Gasteiger partial charge is 0.196 e. The Hall–Kier alpha value is -1.00. The number of methoxy groups -OCH3 is 2. The molecule has 1 aromatic carbocycles. The van der Waals surface area contributed by atoms with Crippen LogP contribution in [0.15, 0.2) is 39.1 Å². The largest absolute Gasteiger partial charge is 0.493 e. The molecular formula is C16H21BrIN3O2S. The van der Waals surface area contributed by atoms with Crippen molar-refractivity contribution in [3.05, 3.63) is 39.0 Å². The van der Waals surface area contributed by atoms with Gasteiger partial charge in [0, 0.05) is 33.0 Å². The van der Waals surface area contributed by atoms with Gasteiger partial charge in [-0.15, -0.1) is 35.3 Å². The Morgan fingerprint density at radius 2 is 1.96 bits per heavy atom. The van der Waals surface area contributed by atoms with Crippen LogP contribution in [0.4, 0.5) is 5.69 Å². The van der Waals surface area contributed by atoms with Crippen LogP contribution < -0.4 is 20.1 Å². The number of ether oxygens (including phenoxy) is 2. The average molecular weight is 526 g/mol. The van der Waals surface area contributed by atoms with Crippen LogP contribution in [0.3, 0.4) is 0 Å². The number of benzene rings is 1. The van der Waals surface area contributed by atoms with Gasteiger partial charge in [0.05, 0.1) is 20.8 Å². The van der Waals surface area contributed by atoms with E-state index in [1.165, 1.54) is 4.88 Å². The number of guanidine groups is 1. The van der Waals surface area contributed by atoms with Gasteiger partial charge in [-0.05, 0) is 41.1 Å². The number of nitrogens with zero attached hydrogens (tertiary/aromatic N) is 1. The van der Waals surface area contributed by atoms with E-state index in [1.807, 2.05) is 25.1 Å². The van der Waals surface area contributed by atoms with Crippen LogP contribution >= 0.6 is 51.2 Å². The summed E-state index contributed by atoms with van der Waals surface area (Å²) in [4.78, 5) is 5.80. The van der Waals surface area contributed by atoms with E-state index < -0.39 is 0 Å². The lowest BCUT2D eigenvalue weighted by atomic mass is 10.3. The summed E-state index contributed by atoms with van der Waals surface area (Å²) >= 11 is 5.14. The highest BCUT2D eigenvalue weighted by Crippen LogP contribution is 2.29. The van der Waals surface area contributed by atoms with E-state index in [0.29, 0.717) is 18.0 Å². The fourth-order valence-corrected chi connectivity index (χ4v) is 3.33. The second-order valence-corrected chi connectivity index (χ2v) is 6.53. The number of thiophene rings is 1. The van der Waals surface area contributed by atoms with Crippen LogP contribution in [0.5, 0.6) is 11.5 Å². The predicted octanol–water partition coefficient (Wildman–Crippen LogP) is 4.72. The van der Waals surface area contributed by atoms with Crippen molar-refractivity contribution in [2.75, 3.05) is 26.1 Å². The topological polar surface area (TPSA) is 54.9 Å². The molecule has 5 nitrogen and oxygen atoms in total. The number of anilines is 1. The van der Waals surface area contributed by atoms with Gasteiger partial charge >= 0.3 is 0 Å².